The first-order chi connectivity index (χ1) is 13.6. The zero-order valence-corrected chi connectivity index (χ0v) is 15.7. The number of piperazine rings is 1. The van der Waals surface area contributed by atoms with Crippen LogP contribution in [-0.4, -0.2) is 61.2 Å². The van der Waals surface area contributed by atoms with Gasteiger partial charge in [-0.25, -0.2) is 4.90 Å². The number of ether oxygens (including phenoxy) is 1. The van der Waals surface area contributed by atoms with E-state index in [1.807, 2.05) is 12.1 Å². The number of phenolic OH excluding ortho intramolecular Hbond substituents is 1. The molecule has 0 bridgehead atoms. The Balaban J connectivity index is 1.44. The highest BCUT2D eigenvalue weighted by Crippen LogP contribution is 2.30. The molecule has 1 N–H and O–H groups in total. The lowest BCUT2D eigenvalue weighted by atomic mass is 10.1. The Labute approximate surface area is 163 Å². The predicted octanol–water partition coefficient (Wildman–Crippen LogP) is 1.85. The Bertz CT molecular complexity index is 875. The van der Waals surface area contributed by atoms with E-state index in [1.54, 1.807) is 43.5 Å². The van der Waals surface area contributed by atoms with E-state index in [9.17, 15) is 14.7 Å². The first-order valence-corrected chi connectivity index (χ1v) is 9.36. The van der Waals surface area contributed by atoms with Crippen LogP contribution in [0.15, 0.2) is 48.5 Å². The average Bonchev–Trinajstić information content (AvgIpc) is 3.03. The standard InChI is InChI=1S/C21H23N3O4/c1-28-16-8-6-15(7-9-16)24-20(26)14-18(21(24)27)23-12-10-22(11-13-23)17-4-2-3-5-19(17)25/h2-9,18,25H,10-14H2,1H3/t18-/m1/s1. The summed E-state index contributed by atoms with van der Waals surface area (Å²) in [5, 5.41) is 10.0. The molecule has 7 heteroatoms. The van der Waals surface area contributed by atoms with Gasteiger partial charge < -0.3 is 14.7 Å². The molecule has 0 unspecified atom stereocenters. The Hall–Kier alpha value is -3.06. The maximum Gasteiger partial charge on any atom is 0.251 e. The number of anilines is 2. The fraction of sp³-hybridized carbons (Fsp3) is 0.333. The van der Waals surface area contributed by atoms with Crippen LogP contribution in [0.1, 0.15) is 6.42 Å². The summed E-state index contributed by atoms with van der Waals surface area (Å²) < 4.78 is 5.14. The fourth-order valence-corrected chi connectivity index (χ4v) is 3.91. The molecule has 146 valence electrons. The van der Waals surface area contributed by atoms with Crippen molar-refractivity contribution in [2.24, 2.45) is 0 Å². The average molecular weight is 381 g/mol. The molecule has 28 heavy (non-hydrogen) atoms. The zero-order valence-electron chi connectivity index (χ0n) is 15.7. The van der Waals surface area contributed by atoms with Crippen molar-refractivity contribution in [2.45, 2.75) is 12.5 Å². The molecule has 1 atom stereocenters. The highest BCUT2D eigenvalue weighted by Gasteiger charge is 2.43. The van der Waals surface area contributed by atoms with Crippen LogP contribution in [-0.2, 0) is 9.59 Å². The smallest absolute Gasteiger partial charge is 0.251 e. The minimum absolute atomic E-state index is 0.175. The summed E-state index contributed by atoms with van der Waals surface area (Å²) in [6.07, 6.45) is 0.196. The van der Waals surface area contributed by atoms with Crippen LogP contribution in [0.4, 0.5) is 11.4 Å². The molecule has 2 aliphatic heterocycles. The zero-order chi connectivity index (χ0) is 19.7. The van der Waals surface area contributed by atoms with Crippen molar-refractivity contribution in [3.63, 3.8) is 0 Å². The number of benzene rings is 2. The van der Waals surface area contributed by atoms with Crippen molar-refractivity contribution in [3.8, 4) is 11.5 Å². The van der Waals surface area contributed by atoms with Crippen molar-refractivity contribution in [3.05, 3.63) is 48.5 Å². The lowest BCUT2D eigenvalue weighted by molar-refractivity contribution is -0.123. The van der Waals surface area contributed by atoms with E-state index in [0.717, 1.165) is 5.69 Å². The van der Waals surface area contributed by atoms with Gasteiger partial charge in [-0.15, -0.1) is 0 Å². The van der Waals surface area contributed by atoms with Gasteiger partial charge in [0.05, 0.1) is 30.9 Å². The maximum absolute atomic E-state index is 13.0. The number of rotatable bonds is 4. The second-order valence-electron chi connectivity index (χ2n) is 7.00. The Morgan fingerprint density at radius 3 is 2.29 bits per heavy atom. The molecule has 0 aliphatic carbocycles. The Morgan fingerprint density at radius 2 is 1.64 bits per heavy atom. The first-order valence-electron chi connectivity index (χ1n) is 9.36. The van der Waals surface area contributed by atoms with Gasteiger partial charge in [-0.3, -0.25) is 14.5 Å². The molecule has 2 fully saturated rings. The number of methoxy groups -OCH3 is 1. The first kappa shape index (κ1) is 18.3. The highest BCUT2D eigenvalue weighted by molar-refractivity contribution is 6.22. The topological polar surface area (TPSA) is 73.3 Å². The van der Waals surface area contributed by atoms with Gasteiger partial charge in [0.1, 0.15) is 11.5 Å². The second-order valence-corrected chi connectivity index (χ2v) is 7.00. The summed E-state index contributed by atoms with van der Waals surface area (Å²) in [5.74, 6) is 0.586. The molecule has 0 spiro atoms. The third kappa shape index (κ3) is 3.29. The van der Waals surface area contributed by atoms with Crippen molar-refractivity contribution < 1.29 is 19.4 Å². The number of imide groups is 1. The van der Waals surface area contributed by atoms with Gasteiger partial charge in [-0.05, 0) is 36.4 Å². The molecule has 2 aromatic rings. The number of para-hydroxylation sites is 2. The lowest BCUT2D eigenvalue weighted by Crippen LogP contribution is -2.52. The summed E-state index contributed by atoms with van der Waals surface area (Å²) >= 11 is 0. The van der Waals surface area contributed by atoms with E-state index in [0.29, 0.717) is 37.6 Å². The number of aromatic hydroxyl groups is 1. The lowest BCUT2D eigenvalue weighted by Gasteiger charge is -2.38. The molecule has 0 aromatic heterocycles. The molecular weight excluding hydrogens is 358 g/mol. The van der Waals surface area contributed by atoms with Gasteiger partial charge in [-0.2, -0.15) is 0 Å². The molecule has 4 rings (SSSR count). The van der Waals surface area contributed by atoms with Crippen LogP contribution in [0.5, 0.6) is 11.5 Å². The number of hydrogen-bond donors (Lipinski definition) is 1. The number of nitrogens with zero attached hydrogens (tertiary/aromatic N) is 3. The van der Waals surface area contributed by atoms with Crippen molar-refractivity contribution in [1.82, 2.24) is 4.90 Å². The Kier molecular flexibility index (Phi) is 4.92. The Morgan fingerprint density at radius 1 is 0.964 bits per heavy atom. The molecule has 2 heterocycles. The molecule has 2 aliphatic rings. The largest absolute Gasteiger partial charge is 0.506 e. The van der Waals surface area contributed by atoms with E-state index in [-0.39, 0.29) is 24.0 Å². The highest BCUT2D eigenvalue weighted by atomic mass is 16.5. The van der Waals surface area contributed by atoms with E-state index >= 15 is 0 Å². The molecule has 0 saturated carbocycles. The molecule has 2 amide bonds. The van der Waals surface area contributed by atoms with Crippen LogP contribution in [0, 0.1) is 0 Å². The van der Waals surface area contributed by atoms with Gasteiger partial charge >= 0.3 is 0 Å². The SMILES string of the molecule is COc1ccc(N2C(=O)C[C@@H](N3CCN(c4ccccc4O)CC3)C2=O)cc1. The third-order valence-corrected chi connectivity index (χ3v) is 5.43. The van der Waals surface area contributed by atoms with E-state index in [2.05, 4.69) is 9.80 Å². The number of carbonyl (C=O) groups is 2. The van der Waals surface area contributed by atoms with Gasteiger partial charge in [-0.1, -0.05) is 12.1 Å². The summed E-state index contributed by atoms with van der Waals surface area (Å²) in [5.41, 5.74) is 1.38. The quantitative estimate of drug-likeness (QED) is 0.815. The van der Waals surface area contributed by atoms with Gasteiger partial charge in [0.15, 0.2) is 0 Å². The molecule has 7 nitrogen and oxygen atoms in total. The summed E-state index contributed by atoms with van der Waals surface area (Å²) in [6.45, 7) is 2.71. The van der Waals surface area contributed by atoms with E-state index in [1.165, 1.54) is 4.90 Å². The maximum atomic E-state index is 13.0. The number of carbonyl (C=O) groups excluding carboxylic acids is 2. The van der Waals surface area contributed by atoms with Crippen LogP contribution < -0.4 is 14.5 Å². The molecule has 2 aromatic carbocycles. The third-order valence-electron chi connectivity index (χ3n) is 5.43. The summed E-state index contributed by atoms with van der Waals surface area (Å²) in [6, 6.07) is 13.8. The van der Waals surface area contributed by atoms with Crippen molar-refractivity contribution in [1.29, 1.82) is 0 Å². The minimum Gasteiger partial charge on any atom is -0.506 e. The predicted molar refractivity (Wildman–Crippen MR) is 106 cm³/mol. The molecule has 0 radical (unpaired) electrons. The number of hydrogen-bond acceptors (Lipinski definition) is 6. The van der Waals surface area contributed by atoms with E-state index in [4.69, 9.17) is 4.74 Å². The van der Waals surface area contributed by atoms with Crippen LogP contribution in [0.2, 0.25) is 0 Å². The minimum atomic E-state index is -0.430. The normalized spacial score (nSPS) is 20.7. The van der Waals surface area contributed by atoms with Crippen LogP contribution >= 0.6 is 0 Å². The summed E-state index contributed by atoms with van der Waals surface area (Å²) in [7, 11) is 1.58. The van der Waals surface area contributed by atoms with Gasteiger partial charge in [0, 0.05) is 26.2 Å². The van der Waals surface area contributed by atoms with Gasteiger partial charge in [0.25, 0.3) is 5.91 Å². The fourth-order valence-electron chi connectivity index (χ4n) is 3.91. The van der Waals surface area contributed by atoms with Gasteiger partial charge in [0.2, 0.25) is 5.91 Å². The molecule has 2 saturated heterocycles. The van der Waals surface area contributed by atoms with Crippen molar-refractivity contribution >= 4 is 23.2 Å². The van der Waals surface area contributed by atoms with Crippen molar-refractivity contribution in [2.75, 3.05) is 43.1 Å². The monoisotopic (exact) mass is 381 g/mol. The molecular formula is C21H23N3O4. The number of phenols is 1. The number of amides is 2. The van der Waals surface area contributed by atoms with Crippen LogP contribution in [0.25, 0.3) is 0 Å². The van der Waals surface area contributed by atoms with Crippen LogP contribution in [0.3, 0.4) is 0 Å². The second kappa shape index (κ2) is 7.52. The summed E-state index contributed by atoms with van der Waals surface area (Å²) in [4.78, 5) is 30.9. The van der Waals surface area contributed by atoms with E-state index < -0.39 is 6.04 Å².